The van der Waals surface area contributed by atoms with Crippen molar-refractivity contribution in [2.45, 2.75) is 20.0 Å². The first kappa shape index (κ1) is 15.3. The fourth-order valence-corrected chi connectivity index (χ4v) is 2.30. The third-order valence-corrected chi connectivity index (χ3v) is 3.17. The Morgan fingerprint density at radius 1 is 1.20 bits per heavy atom. The molecule has 0 fully saturated rings. The van der Waals surface area contributed by atoms with Crippen molar-refractivity contribution in [1.29, 1.82) is 0 Å². The largest absolute Gasteiger partial charge is 0.461 e. The summed E-state index contributed by atoms with van der Waals surface area (Å²) in [7, 11) is 0. The Hall–Kier alpha value is -1.11. The van der Waals surface area contributed by atoms with Crippen molar-refractivity contribution < 1.29 is 4.74 Å². The molecule has 1 aromatic carbocycles. The first-order valence-corrected chi connectivity index (χ1v) is 7.29. The van der Waals surface area contributed by atoms with Crippen LogP contribution in [0.3, 0.4) is 0 Å². The summed E-state index contributed by atoms with van der Waals surface area (Å²) in [6.07, 6.45) is -0.0522. The van der Waals surface area contributed by atoms with E-state index in [9.17, 15) is 0 Å². The molecule has 20 heavy (non-hydrogen) atoms. The summed E-state index contributed by atoms with van der Waals surface area (Å²) < 4.78 is 6.19. The minimum Gasteiger partial charge on any atom is -0.461 e. The molecule has 0 aliphatic carbocycles. The van der Waals surface area contributed by atoms with Crippen molar-refractivity contribution in [3.63, 3.8) is 0 Å². The Balaban J connectivity index is 2.26. The lowest BCUT2D eigenvalue weighted by Gasteiger charge is -2.10. The molecule has 0 bridgehead atoms. The van der Waals surface area contributed by atoms with Crippen LogP contribution in [0.2, 0.25) is 10.3 Å². The molecule has 2 aromatic rings. The normalized spacial score (nSPS) is 10.7. The van der Waals surface area contributed by atoms with Gasteiger partial charge in [0, 0.05) is 9.50 Å². The summed E-state index contributed by atoms with van der Waals surface area (Å²) in [6.45, 7) is 3.75. The van der Waals surface area contributed by atoms with E-state index >= 15 is 0 Å². The van der Waals surface area contributed by atoms with Gasteiger partial charge in [0.1, 0.15) is 0 Å². The monoisotopic (exact) mass is 376 g/mol. The predicted molar refractivity (Wildman–Crippen MR) is 83.0 cm³/mol. The van der Waals surface area contributed by atoms with Gasteiger partial charge < -0.3 is 10.1 Å². The number of anilines is 2. The summed E-state index contributed by atoms with van der Waals surface area (Å²) in [5.74, 6) is 0.295. The highest BCUT2D eigenvalue weighted by atomic mass is 79.9. The van der Waals surface area contributed by atoms with Gasteiger partial charge in [-0.2, -0.15) is 15.0 Å². The lowest BCUT2D eigenvalue weighted by Crippen LogP contribution is -2.10. The maximum absolute atomic E-state index is 5.89. The third-order valence-electron chi connectivity index (χ3n) is 2.11. The molecule has 1 aromatic heterocycles. The molecule has 0 unspecified atom stereocenters. The van der Waals surface area contributed by atoms with Gasteiger partial charge in [-0.1, -0.05) is 11.6 Å². The van der Waals surface area contributed by atoms with Gasteiger partial charge in [0.25, 0.3) is 0 Å². The fourth-order valence-electron chi connectivity index (χ4n) is 1.36. The molecule has 5 nitrogen and oxygen atoms in total. The second-order valence-electron chi connectivity index (χ2n) is 4.13. The predicted octanol–water partition coefficient (Wildman–Crippen LogP) is 4.47. The van der Waals surface area contributed by atoms with Gasteiger partial charge in [0.15, 0.2) is 0 Å². The third kappa shape index (κ3) is 4.19. The van der Waals surface area contributed by atoms with Crippen LogP contribution in [0.5, 0.6) is 6.01 Å². The topological polar surface area (TPSA) is 59.9 Å². The Morgan fingerprint density at radius 3 is 2.60 bits per heavy atom. The summed E-state index contributed by atoms with van der Waals surface area (Å²) in [4.78, 5) is 12.0. The van der Waals surface area contributed by atoms with Crippen LogP contribution < -0.4 is 10.1 Å². The van der Waals surface area contributed by atoms with E-state index in [-0.39, 0.29) is 17.4 Å². The maximum Gasteiger partial charge on any atom is 0.322 e. The van der Waals surface area contributed by atoms with Gasteiger partial charge in [0.05, 0.1) is 11.8 Å². The SMILES string of the molecule is CC(C)Oc1nc(Cl)nc(Nc2ccc(Cl)cc2Br)n1. The van der Waals surface area contributed by atoms with E-state index in [1.54, 1.807) is 18.2 Å². The molecule has 0 amide bonds. The van der Waals surface area contributed by atoms with Crippen LogP contribution in [0, 0.1) is 0 Å². The Kier molecular flexibility index (Phi) is 5.01. The summed E-state index contributed by atoms with van der Waals surface area (Å²) in [5.41, 5.74) is 0.757. The maximum atomic E-state index is 5.89. The van der Waals surface area contributed by atoms with Crippen LogP contribution in [-0.4, -0.2) is 21.1 Å². The van der Waals surface area contributed by atoms with Crippen molar-refractivity contribution in [3.8, 4) is 6.01 Å². The van der Waals surface area contributed by atoms with Gasteiger partial charge in [-0.15, -0.1) is 0 Å². The number of nitrogens with one attached hydrogen (secondary N) is 1. The van der Waals surface area contributed by atoms with Crippen LogP contribution in [0.1, 0.15) is 13.8 Å². The van der Waals surface area contributed by atoms with E-state index in [1.807, 2.05) is 13.8 Å². The van der Waals surface area contributed by atoms with Crippen molar-refractivity contribution in [2.75, 3.05) is 5.32 Å². The molecule has 0 spiro atoms. The quantitative estimate of drug-likeness (QED) is 0.851. The zero-order valence-corrected chi connectivity index (χ0v) is 13.8. The molecule has 2 rings (SSSR count). The summed E-state index contributed by atoms with van der Waals surface area (Å²) >= 11 is 15.1. The van der Waals surface area contributed by atoms with Crippen LogP contribution in [0.25, 0.3) is 0 Å². The Morgan fingerprint density at radius 2 is 1.95 bits per heavy atom. The summed E-state index contributed by atoms with van der Waals surface area (Å²) in [6, 6.07) is 5.49. The average Bonchev–Trinajstić information content (AvgIpc) is 2.31. The van der Waals surface area contributed by atoms with Crippen LogP contribution >= 0.6 is 39.1 Å². The smallest absolute Gasteiger partial charge is 0.322 e. The van der Waals surface area contributed by atoms with Crippen molar-refractivity contribution >= 4 is 50.8 Å². The minimum atomic E-state index is -0.0522. The number of nitrogens with zero attached hydrogens (tertiary/aromatic N) is 3. The summed E-state index contributed by atoms with van der Waals surface area (Å²) in [5, 5.41) is 3.71. The molecule has 0 aliphatic rings. The minimum absolute atomic E-state index is 0.0522. The molecule has 8 heteroatoms. The first-order valence-electron chi connectivity index (χ1n) is 5.74. The molecule has 0 saturated carbocycles. The van der Waals surface area contributed by atoms with E-state index in [4.69, 9.17) is 27.9 Å². The van der Waals surface area contributed by atoms with Crippen molar-refractivity contribution in [2.24, 2.45) is 0 Å². The number of halogens is 3. The van der Waals surface area contributed by atoms with Crippen molar-refractivity contribution in [1.82, 2.24) is 15.0 Å². The van der Waals surface area contributed by atoms with Gasteiger partial charge in [-0.3, -0.25) is 0 Å². The number of hydrogen-bond donors (Lipinski definition) is 1. The average molecular weight is 378 g/mol. The second kappa shape index (κ2) is 6.56. The van der Waals surface area contributed by atoms with E-state index in [0.717, 1.165) is 10.2 Å². The van der Waals surface area contributed by atoms with Crippen LogP contribution in [0.15, 0.2) is 22.7 Å². The van der Waals surface area contributed by atoms with Gasteiger partial charge in [-0.05, 0) is 59.6 Å². The van der Waals surface area contributed by atoms with Gasteiger partial charge >= 0.3 is 6.01 Å². The first-order chi connectivity index (χ1) is 9.44. The molecular weight excluding hydrogens is 367 g/mol. The molecule has 0 atom stereocenters. The Labute approximate surface area is 134 Å². The number of benzene rings is 1. The highest BCUT2D eigenvalue weighted by Gasteiger charge is 2.09. The molecular formula is C12H11BrCl2N4O. The number of hydrogen-bond acceptors (Lipinski definition) is 5. The van der Waals surface area contributed by atoms with E-state index in [1.165, 1.54) is 0 Å². The van der Waals surface area contributed by atoms with Gasteiger partial charge in [-0.25, -0.2) is 0 Å². The standard InChI is InChI=1S/C12H11BrCl2N4O/c1-6(2)20-12-18-10(15)17-11(19-12)16-9-4-3-7(14)5-8(9)13/h3-6H,1-2H3,(H,16,17,18,19). The zero-order valence-electron chi connectivity index (χ0n) is 10.7. The lowest BCUT2D eigenvalue weighted by atomic mass is 10.3. The molecule has 0 saturated heterocycles. The molecule has 0 radical (unpaired) electrons. The lowest BCUT2D eigenvalue weighted by molar-refractivity contribution is 0.222. The fraction of sp³-hybridized carbons (Fsp3) is 0.250. The number of aromatic nitrogens is 3. The highest BCUT2D eigenvalue weighted by molar-refractivity contribution is 9.10. The van der Waals surface area contributed by atoms with Crippen molar-refractivity contribution in [3.05, 3.63) is 33.0 Å². The molecule has 1 N–H and O–H groups in total. The molecule has 0 aliphatic heterocycles. The zero-order chi connectivity index (χ0) is 14.7. The van der Waals surface area contributed by atoms with Crippen LogP contribution in [-0.2, 0) is 0 Å². The van der Waals surface area contributed by atoms with E-state index in [2.05, 4.69) is 36.2 Å². The van der Waals surface area contributed by atoms with E-state index < -0.39 is 0 Å². The number of rotatable bonds is 4. The molecule has 1 heterocycles. The second-order valence-corrected chi connectivity index (χ2v) is 5.76. The molecule has 106 valence electrons. The van der Waals surface area contributed by atoms with Gasteiger partial charge in [0.2, 0.25) is 11.2 Å². The Bertz CT molecular complexity index is 624. The highest BCUT2D eigenvalue weighted by Crippen LogP contribution is 2.28. The number of ether oxygens (including phenoxy) is 1. The van der Waals surface area contributed by atoms with Crippen LogP contribution in [0.4, 0.5) is 11.6 Å². The van der Waals surface area contributed by atoms with E-state index in [0.29, 0.717) is 11.0 Å².